The highest BCUT2D eigenvalue weighted by atomic mass is 19.3. The first-order valence-electron chi connectivity index (χ1n) is 3.71. The van der Waals surface area contributed by atoms with E-state index in [1.807, 2.05) is 0 Å². The molecule has 2 N–H and O–H groups in total. The van der Waals surface area contributed by atoms with Gasteiger partial charge in [-0.25, -0.2) is 13.8 Å². The summed E-state index contributed by atoms with van der Waals surface area (Å²) in [5.74, 6) is 0.437. The summed E-state index contributed by atoms with van der Waals surface area (Å²) < 4.78 is 29.2. The van der Waals surface area contributed by atoms with E-state index in [2.05, 4.69) is 4.98 Å². The minimum Gasteiger partial charge on any atom is -0.495 e. The molecule has 0 atom stereocenters. The second kappa shape index (κ2) is 4.13. The number of hydrogen-bond acceptors (Lipinski definition) is 3. The minimum atomic E-state index is -2.57. The molecule has 3 nitrogen and oxygen atoms in total. The van der Waals surface area contributed by atoms with Gasteiger partial charge in [0.15, 0.2) is 0 Å². The maximum atomic E-state index is 12.2. The van der Waals surface area contributed by atoms with Crippen LogP contribution in [0.5, 0.6) is 5.75 Å². The lowest BCUT2D eigenvalue weighted by molar-refractivity contribution is 0.145. The van der Waals surface area contributed by atoms with Crippen LogP contribution in [-0.2, 0) is 6.54 Å². The molecule has 0 aliphatic rings. The second-order valence-corrected chi connectivity index (χ2v) is 2.39. The van der Waals surface area contributed by atoms with Gasteiger partial charge in [-0.2, -0.15) is 0 Å². The van der Waals surface area contributed by atoms with E-state index in [-0.39, 0.29) is 12.2 Å². The van der Waals surface area contributed by atoms with Crippen molar-refractivity contribution in [1.82, 2.24) is 4.98 Å². The highest BCUT2D eigenvalue weighted by molar-refractivity contribution is 5.29. The first-order valence-corrected chi connectivity index (χ1v) is 3.71. The predicted molar refractivity (Wildman–Crippen MR) is 43.6 cm³/mol. The summed E-state index contributed by atoms with van der Waals surface area (Å²) in [6.07, 6.45) is -2.57. The van der Waals surface area contributed by atoms with E-state index in [1.54, 1.807) is 0 Å². The third-order valence-electron chi connectivity index (χ3n) is 1.59. The zero-order valence-electron chi connectivity index (χ0n) is 7.13. The number of aromatic nitrogens is 1. The summed E-state index contributed by atoms with van der Waals surface area (Å²) in [6.45, 7) is 0.0870. The summed E-state index contributed by atoms with van der Waals surface area (Å²) in [5, 5.41) is 0. The number of nitrogens with zero attached hydrogens (tertiary/aromatic N) is 1. The molecule has 1 rings (SSSR count). The Hall–Kier alpha value is -1.23. The average Bonchev–Trinajstić information content (AvgIpc) is 2.16. The van der Waals surface area contributed by atoms with Crippen LogP contribution in [-0.4, -0.2) is 12.1 Å². The molecule has 1 aromatic heterocycles. The normalized spacial score (nSPS) is 10.5. The van der Waals surface area contributed by atoms with Gasteiger partial charge in [-0.3, -0.25) is 0 Å². The fourth-order valence-electron chi connectivity index (χ4n) is 0.959. The van der Waals surface area contributed by atoms with Crippen molar-refractivity contribution in [2.24, 2.45) is 5.73 Å². The number of halogens is 2. The highest BCUT2D eigenvalue weighted by Crippen LogP contribution is 2.21. The van der Waals surface area contributed by atoms with Crippen molar-refractivity contribution in [3.63, 3.8) is 0 Å². The Morgan fingerprint density at radius 3 is 2.69 bits per heavy atom. The Morgan fingerprint density at radius 1 is 1.54 bits per heavy atom. The molecule has 13 heavy (non-hydrogen) atoms. The fourth-order valence-corrected chi connectivity index (χ4v) is 0.959. The largest absolute Gasteiger partial charge is 0.495 e. The zero-order chi connectivity index (χ0) is 9.84. The van der Waals surface area contributed by atoms with Crippen LogP contribution in [0.2, 0.25) is 0 Å². The number of hydrogen-bond donors (Lipinski definition) is 1. The molecular weight excluding hydrogens is 178 g/mol. The number of ether oxygens (including phenoxy) is 1. The summed E-state index contributed by atoms with van der Waals surface area (Å²) in [4.78, 5) is 3.66. The monoisotopic (exact) mass is 188 g/mol. The first-order chi connectivity index (χ1) is 6.19. The Balaban J connectivity index is 3.05. The van der Waals surface area contributed by atoms with Crippen LogP contribution in [0.15, 0.2) is 12.1 Å². The molecule has 1 heterocycles. The smallest absolute Gasteiger partial charge is 0.280 e. The van der Waals surface area contributed by atoms with Crippen LogP contribution in [0, 0.1) is 0 Å². The molecular formula is C8H10F2N2O. The average molecular weight is 188 g/mol. The van der Waals surface area contributed by atoms with Crippen molar-refractivity contribution in [1.29, 1.82) is 0 Å². The molecule has 0 unspecified atom stereocenters. The molecule has 0 amide bonds. The van der Waals surface area contributed by atoms with E-state index >= 15 is 0 Å². The molecule has 0 spiro atoms. The zero-order valence-corrected chi connectivity index (χ0v) is 7.13. The maximum absolute atomic E-state index is 12.2. The molecule has 0 aliphatic carbocycles. The number of methoxy groups -OCH3 is 1. The minimum absolute atomic E-state index is 0.0870. The first kappa shape index (κ1) is 9.85. The van der Waals surface area contributed by atoms with Gasteiger partial charge in [0.1, 0.15) is 11.4 Å². The Bertz CT molecular complexity index is 291. The van der Waals surface area contributed by atoms with Crippen LogP contribution >= 0.6 is 0 Å². The van der Waals surface area contributed by atoms with E-state index in [9.17, 15) is 8.78 Å². The SMILES string of the molecule is COc1ccc(C(F)F)nc1CN. The summed E-state index contributed by atoms with van der Waals surface area (Å²) in [7, 11) is 1.44. The lowest BCUT2D eigenvalue weighted by Gasteiger charge is -2.07. The van der Waals surface area contributed by atoms with E-state index in [1.165, 1.54) is 19.2 Å². The van der Waals surface area contributed by atoms with Crippen molar-refractivity contribution in [2.45, 2.75) is 13.0 Å². The lowest BCUT2D eigenvalue weighted by atomic mass is 10.3. The van der Waals surface area contributed by atoms with Crippen molar-refractivity contribution in [3.8, 4) is 5.75 Å². The van der Waals surface area contributed by atoms with Gasteiger partial charge in [-0.1, -0.05) is 0 Å². The van der Waals surface area contributed by atoms with Crippen LogP contribution in [0.25, 0.3) is 0 Å². The highest BCUT2D eigenvalue weighted by Gasteiger charge is 2.11. The van der Waals surface area contributed by atoms with Crippen molar-refractivity contribution in [2.75, 3.05) is 7.11 Å². The second-order valence-electron chi connectivity index (χ2n) is 2.39. The van der Waals surface area contributed by atoms with Gasteiger partial charge in [0.05, 0.1) is 12.8 Å². The third-order valence-corrected chi connectivity index (χ3v) is 1.59. The molecule has 0 aromatic carbocycles. The van der Waals surface area contributed by atoms with E-state index in [4.69, 9.17) is 10.5 Å². The topological polar surface area (TPSA) is 48.1 Å². The van der Waals surface area contributed by atoms with Crippen LogP contribution < -0.4 is 10.5 Å². The molecule has 0 saturated carbocycles. The molecule has 0 aliphatic heterocycles. The van der Waals surface area contributed by atoms with Gasteiger partial charge >= 0.3 is 0 Å². The van der Waals surface area contributed by atoms with Crippen molar-refractivity contribution in [3.05, 3.63) is 23.5 Å². The summed E-state index contributed by atoms with van der Waals surface area (Å²) in [6, 6.07) is 2.67. The van der Waals surface area contributed by atoms with Gasteiger partial charge in [0.25, 0.3) is 6.43 Å². The third kappa shape index (κ3) is 2.12. The van der Waals surface area contributed by atoms with Gasteiger partial charge < -0.3 is 10.5 Å². The van der Waals surface area contributed by atoms with Gasteiger partial charge in [-0.05, 0) is 12.1 Å². The fraction of sp³-hybridized carbons (Fsp3) is 0.375. The van der Waals surface area contributed by atoms with Crippen molar-refractivity contribution < 1.29 is 13.5 Å². The van der Waals surface area contributed by atoms with Crippen LogP contribution in [0.1, 0.15) is 17.8 Å². The van der Waals surface area contributed by atoms with Gasteiger partial charge in [-0.15, -0.1) is 0 Å². The van der Waals surface area contributed by atoms with Crippen LogP contribution in [0.4, 0.5) is 8.78 Å². The number of rotatable bonds is 3. The molecule has 1 aromatic rings. The lowest BCUT2D eigenvalue weighted by Crippen LogP contribution is -2.05. The Morgan fingerprint density at radius 2 is 2.23 bits per heavy atom. The molecule has 72 valence electrons. The van der Waals surface area contributed by atoms with Gasteiger partial charge in [0, 0.05) is 6.54 Å². The predicted octanol–water partition coefficient (Wildman–Crippen LogP) is 1.49. The quantitative estimate of drug-likeness (QED) is 0.781. The van der Waals surface area contributed by atoms with E-state index < -0.39 is 6.43 Å². The standard InChI is InChI=1S/C8H10F2N2O/c1-13-7-3-2-5(8(9)10)12-6(7)4-11/h2-3,8H,4,11H2,1H3. The van der Waals surface area contributed by atoms with Gasteiger partial charge in [0.2, 0.25) is 0 Å². The number of pyridine rings is 1. The molecule has 0 bridgehead atoms. The maximum Gasteiger partial charge on any atom is 0.280 e. The van der Waals surface area contributed by atoms with Crippen LogP contribution in [0.3, 0.4) is 0 Å². The Labute approximate surface area is 74.5 Å². The van der Waals surface area contributed by atoms with Crippen molar-refractivity contribution >= 4 is 0 Å². The van der Waals surface area contributed by atoms with E-state index in [0.29, 0.717) is 11.4 Å². The molecule has 0 saturated heterocycles. The molecule has 5 heteroatoms. The summed E-state index contributed by atoms with van der Waals surface area (Å²) in [5.41, 5.74) is 5.38. The number of alkyl halides is 2. The van der Waals surface area contributed by atoms with E-state index in [0.717, 1.165) is 0 Å². The molecule has 0 fully saturated rings. The Kier molecular flexibility index (Phi) is 3.13. The molecule has 0 radical (unpaired) electrons. The summed E-state index contributed by atoms with van der Waals surface area (Å²) >= 11 is 0. The number of nitrogens with two attached hydrogens (primary N) is 1.